The van der Waals surface area contributed by atoms with Gasteiger partial charge in [0.25, 0.3) is 0 Å². The second-order valence-electron chi connectivity index (χ2n) is 5.18. The molecular formula is C17H23N3. The Bertz CT molecular complexity index is 510. The van der Waals surface area contributed by atoms with E-state index in [0.29, 0.717) is 0 Å². The summed E-state index contributed by atoms with van der Waals surface area (Å²) in [6.45, 7) is 2.86. The van der Waals surface area contributed by atoms with Crippen molar-refractivity contribution >= 4 is 11.9 Å². The number of unbranched alkanes of at least 4 members (excludes halogenated alkanes) is 2. The molecule has 1 aromatic heterocycles. The first-order valence-electron chi connectivity index (χ1n) is 7.36. The van der Waals surface area contributed by atoms with E-state index in [9.17, 15) is 0 Å². The second kappa shape index (κ2) is 7.75. The van der Waals surface area contributed by atoms with Gasteiger partial charge in [-0.15, -0.1) is 0 Å². The lowest BCUT2D eigenvalue weighted by atomic mass is 10.1. The van der Waals surface area contributed by atoms with Crippen molar-refractivity contribution in [2.24, 2.45) is 10.7 Å². The third-order valence-corrected chi connectivity index (χ3v) is 3.42. The lowest BCUT2D eigenvalue weighted by molar-refractivity contribution is 0.685. The van der Waals surface area contributed by atoms with Crippen LogP contribution in [-0.4, -0.2) is 17.7 Å². The van der Waals surface area contributed by atoms with Gasteiger partial charge in [-0.1, -0.05) is 24.6 Å². The summed E-state index contributed by atoms with van der Waals surface area (Å²) in [6.07, 6.45) is 13.7. The van der Waals surface area contributed by atoms with Gasteiger partial charge in [-0.05, 0) is 56.4 Å². The number of aliphatic imine (C=N–C) groups is 1. The SMILES string of the molecule is CC1=CCC=C(c2ccc(CCCCCN)cn2)N=C1. The van der Waals surface area contributed by atoms with Gasteiger partial charge in [-0.3, -0.25) is 9.98 Å². The third kappa shape index (κ3) is 4.42. The van der Waals surface area contributed by atoms with Crippen molar-refractivity contribution in [2.75, 3.05) is 6.54 Å². The van der Waals surface area contributed by atoms with Crippen LogP contribution >= 0.6 is 0 Å². The molecule has 3 nitrogen and oxygen atoms in total. The van der Waals surface area contributed by atoms with Gasteiger partial charge in [0.1, 0.15) is 0 Å². The normalized spacial score (nSPS) is 14.7. The van der Waals surface area contributed by atoms with Crippen molar-refractivity contribution in [3.63, 3.8) is 0 Å². The summed E-state index contributed by atoms with van der Waals surface area (Å²) in [6, 6.07) is 4.23. The summed E-state index contributed by atoms with van der Waals surface area (Å²) < 4.78 is 0. The molecule has 0 saturated heterocycles. The van der Waals surface area contributed by atoms with E-state index in [-0.39, 0.29) is 0 Å². The molecule has 0 bridgehead atoms. The average molecular weight is 269 g/mol. The summed E-state index contributed by atoms with van der Waals surface area (Å²) in [5.41, 5.74) is 9.91. The van der Waals surface area contributed by atoms with Gasteiger partial charge in [0, 0.05) is 12.4 Å². The summed E-state index contributed by atoms with van der Waals surface area (Å²) in [4.78, 5) is 9.02. The van der Waals surface area contributed by atoms with Crippen molar-refractivity contribution in [3.8, 4) is 0 Å². The Labute approximate surface area is 121 Å². The van der Waals surface area contributed by atoms with E-state index in [1.165, 1.54) is 24.0 Å². The molecular weight excluding hydrogens is 246 g/mol. The molecule has 0 amide bonds. The van der Waals surface area contributed by atoms with Crippen LogP contribution in [-0.2, 0) is 6.42 Å². The Balaban J connectivity index is 1.95. The Kier molecular flexibility index (Phi) is 5.69. The molecule has 2 heterocycles. The number of hydrogen-bond acceptors (Lipinski definition) is 3. The number of allylic oxidation sites excluding steroid dienone is 3. The Morgan fingerprint density at radius 1 is 1.15 bits per heavy atom. The van der Waals surface area contributed by atoms with E-state index in [0.717, 1.165) is 37.2 Å². The Morgan fingerprint density at radius 2 is 2.05 bits per heavy atom. The van der Waals surface area contributed by atoms with Gasteiger partial charge in [-0.25, -0.2) is 0 Å². The predicted octanol–water partition coefficient (Wildman–Crippen LogP) is 3.51. The number of aryl methyl sites for hydroxylation is 1. The minimum atomic E-state index is 0.788. The molecule has 0 radical (unpaired) electrons. The molecule has 20 heavy (non-hydrogen) atoms. The third-order valence-electron chi connectivity index (χ3n) is 3.42. The molecule has 1 aromatic rings. The number of nitrogens with two attached hydrogens (primary N) is 1. The largest absolute Gasteiger partial charge is 0.330 e. The van der Waals surface area contributed by atoms with Crippen LogP contribution in [0.5, 0.6) is 0 Å². The molecule has 0 fully saturated rings. The molecule has 2 N–H and O–H groups in total. The van der Waals surface area contributed by atoms with Crippen molar-refractivity contribution < 1.29 is 0 Å². The maximum atomic E-state index is 5.50. The Morgan fingerprint density at radius 3 is 2.80 bits per heavy atom. The lowest BCUT2D eigenvalue weighted by Crippen LogP contribution is -1.98. The molecule has 0 spiro atoms. The van der Waals surface area contributed by atoms with E-state index >= 15 is 0 Å². The molecule has 0 saturated carbocycles. The molecule has 0 aliphatic carbocycles. The van der Waals surface area contributed by atoms with Crippen LogP contribution in [0.15, 0.2) is 41.0 Å². The monoisotopic (exact) mass is 269 g/mol. The number of nitrogens with zero attached hydrogens (tertiary/aromatic N) is 2. The van der Waals surface area contributed by atoms with Gasteiger partial charge in [0.2, 0.25) is 0 Å². The fourth-order valence-electron chi connectivity index (χ4n) is 2.18. The zero-order valence-corrected chi connectivity index (χ0v) is 12.2. The zero-order valence-electron chi connectivity index (χ0n) is 12.2. The van der Waals surface area contributed by atoms with Gasteiger partial charge in [0.05, 0.1) is 11.4 Å². The fraction of sp³-hybridized carbons (Fsp3) is 0.412. The number of aromatic nitrogens is 1. The number of rotatable bonds is 6. The van der Waals surface area contributed by atoms with Crippen molar-refractivity contribution in [1.29, 1.82) is 0 Å². The molecule has 1 aliphatic heterocycles. The van der Waals surface area contributed by atoms with Gasteiger partial charge in [-0.2, -0.15) is 0 Å². The van der Waals surface area contributed by atoms with E-state index in [2.05, 4.69) is 41.2 Å². The van der Waals surface area contributed by atoms with Crippen LogP contribution in [0.2, 0.25) is 0 Å². The molecule has 106 valence electrons. The average Bonchev–Trinajstić information content (AvgIpc) is 2.69. The summed E-state index contributed by atoms with van der Waals surface area (Å²) in [5.74, 6) is 0. The highest BCUT2D eigenvalue weighted by atomic mass is 14.8. The van der Waals surface area contributed by atoms with Gasteiger partial charge in [0.15, 0.2) is 0 Å². The van der Waals surface area contributed by atoms with Crippen LogP contribution < -0.4 is 5.73 Å². The summed E-state index contributed by atoms with van der Waals surface area (Å²) >= 11 is 0. The highest BCUT2D eigenvalue weighted by Crippen LogP contribution is 2.18. The first-order valence-corrected chi connectivity index (χ1v) is 7.36. The molecule has 1 aliphatic rings. The number of hydrogen-bond donors (Lipinski definition) is 1. The van der Waals surface area contributed by atoms with Crippen molar-refractivity contribution in [1.82, 2.24) is 4.98 Å². The number of pyridine rings is 1. The highest BCUT2D eigenvalue weighted by Gasteiger charge is 2.03. The topological polar surface area (TPSA) is 51.3 Å². The fourth-order valence-corrected chi connectivity index (χ4v) is 2.18. The first-order chi connectivity index (χ1) is 9.79. The smallest absolute Gasteiger partial charge is 0.0883 e. The highest BCUT2D eigenvalue weighted by molar-refractivity contribution is 5.84. The zero-order chi connectivity index (χ0) is 14.2. The van der Waals surface area contributed by atoms with E-state index in [1.807, 2.05) is 12.4 Å². The summed E-state index contributed by atoms with van der Waals surface area (Å²) in [5, 5.41) is 0. The van der Waals surface area contributed by atoms with Crippen LogP contribution in [0.3, 0.4) is 0 Å². The second-order valence-corrected chi connectivity index (χ2v) is 5.18. The molecule has 0 unspecified atom stereocenters. The van der Waals surface area contributed by atoms with Crippen LogP contribution in [0.1, 0.15) is 43.9 Å². The van der Waals surface area contributed by atoms with Crippen LogP contribution in [0.25, 0.3) is 5.70 Å². The van der Waals surface area contributed by atoms with E-state index < -0.39 is 0 Å². The molecule has 2 rings (SSSR count). The maximum absolute atomic E-state index is 5.50. The molecule has 0 atom stereocenters. The quantitative estimate of drug-likeness (QED) is 0.803. The van der Waals surface area contributed by atoms with Crippen LogP contribution in [0.4, 0.5) is 0 Å². The Hall–Kier alpha value is -1.74. The lowest BCUT2D eigenvalue weighted by Gasteiger charge is -2.04. The molecule has 0 aromatic carbocycles. The predicted molar refractivity (Wildman–Crippen MR) is 85.7 cm³/mol. The maximum Gasteiger partial charge on any atom is 0.0883 e. The van der Waals surface area contributed by atoms with E-state index in [4.69, 9.17) is 5.73 Å². The van der Waals surface area contributed by atoms with Gasteiger partial charge >= 0.3 is 0 Å². The van der Waals surface area contributed by atoms with Crippen LogP contribution in [0, 0.1) is 0 Å². The van der Waals surface area contributed by atoms with E-state index in [1.54, 1.807) is 0 Å². The first kappa shape index (κ1) is 14.7. The minimum Gasteiger partial charge on any atom is -0.330 e. The standard InChI is InChI=1S/C17H23N3/c1-14-6-5-8-16(19-12-14)17-10-9-15(13-20-17)7-3-2-4-11-18/h6,8-10,12-13H,2-5,7,11,18H2,1H3. The summed E-state index contributed by atoms with van der Waals surface area (Å²) in [7, 11) is 0. The van der Waals surface area contributed by atoms with Crippen molar-refractivity contribution in [2.45, 2.75) is 39.0 Å². The van der Waals surface area contributed by atoms with Gasteiger partial charge < -0.3 is 5.73 Å². The minimum absolute atomic E-state index is 0.788. The van der Waals surface area contributed by atoms with Crippen molar-refractivity contribution in [3.05, 3.63) is 47.3 Å². The molecule has 3 heteroatoms.